The van der Waals surface area contributed by atoms with Crippen LogP contribution in [0.3, 0.4) is 0 Å². The summed E-state index contributed by atoms with van der Waals surface area (Å²) in [6.45, 7) is 6.38. The van der Waals surface area contributed by atoms with Gasteiger partial charge in [0.05, 0.1) is 5.38 Å². The molecule has 1 atom stereocenters. The van der Waals surface area contributed by atoms with Crippen molar-refractivity contribution in [2.75, 3.05) is 0 Å². The molecule has 100 valence electrons. The van der Waals surface area contributed by atoms with E-state index in [1.54, 1.807) is 0 Å². The minimum Gasteiger partial charge on any atom is -0.113 e. The number of halogens is 2. The first-order valence-electron chi connectivity index (χ1n) is 6.53. The Morgan fingerprint density at radius 2 is 1.74 bits per heavy atom. The van der Waals surface area contributed by atoms with Gasteiger partial charge < -0.3 is 0 Å². The van der Waals surface area contributed by atoms with Crippen molar-refractivity contribution >= 4 is 27.5 Å². The molecule has 19 heavy (non-hydrogen) atoms. The summed E-state index contributed by atoms with van der Waals surface area (Å²) in [5.74, 6) is 0. The minimum atomic E-state index is -0.0806. The first-order valence-corrected chi connectivity index (χ1v) is 7.76. The van der Waals surface area contributed by atoms with E-state index in [9.17, 15) is 0 Å². The van der Waals surface area contributed by atoms with E-state index in [1.807, 2.05) is 0 Å². The molecule has 1 unspecified atom stereocenters. The van der Waals surface area contributed by atoms with Gasteiger partial charge in [-0.2, -0.15) is 0 Å². The van der Waals surface area contributed by atoms with E-state index in [0.717, 1.165) is 10.9 Å². The van der Waals surface area contributed by atoms with Crippen LogP contribution < -0.4 is 0 Å². The summed E-state index contributed by atoms with van der Waals surface area (Å²) < 4.78 is 1.14. The highest BCUT2D eigenvalue weighted by Gasteiger charge is 2.16. The van der Waals surface area contributed by atoms with Crippen LogP contribution in [0.5, 0.6) is 0 Å². The summed E-state index contributed by atoms with van der Waals surface area (Å²) >= 11 is 10.3. The van der Waals surface area contributed by atoms with Crippen molar-refractivity contribution in [1.82, 2.24) is 0 Å². The zero-order valence-corrected chi connectivity index (χ0v) is 13.8. The summed E-state index contributed by atoms with van der Waals surface area (Å²) in [6.07, 6.45) is 1.01. The van der Waals surface area contributed by atoms with Crippen molar-refractivity contribution in [1.29, 1.82) is 0 Å². The Bertz CT molecular complexity index is 590. The second kappa shape index (κ2) is 6.11. The summed E-state index contributed by atoms with van der Waals surface area (Å²) in [7, 11) is 0. The predicted molar refractivity (Wildman–Crippen MR) is 87.1 cm³/mol. The Kier molecular flexibility index (Phi) is 4.70. The Hall–Kier alpha value is -0.790. The van der Waals surface area contributed by atoms with Crippen LogP contribution in [-0.4, -0.2) is 0 Å². The minimum absolute atomic E-state index is 0.0806. The molecule has 0 radical (unpaired) electrons. The van der Waals surface area contributed by atoms with Crippen LogP contribution in [0, 0.1) is 13.8 Å². The molecule has 2 aromatic rings. The van der Waals surface area contributed by atoms with E-state index >= 15 is 0 Å². The van der Waals surface area contributed by atoms with E-state index < -0.39 is 0 Å². The zero-order valence-electron chi connectivity index (χ0n) is 11.5. The van der Waals surface area contributed by atoms with Crippen LogP contribution in [-0.2, 0) is 6.42 Å². The standard InChI is InChI=1S/C17H18BrCl/c1-4-13-7-5-6-8-14(13)17(19)15-9-12(3)16(18)10-11(15)2/h5-10,17H,4H2,1-3H3. The number of aryl methyl sites for hydroxylation is 3. The van der Waals surface area contributed by atoms with Gasteiger partial charge in [0.15, 0.2) is 0 Å². The lowest BCUT2D eigenvalue weighted by Gasteiger charge is -2.18. The predicted octanol–water partition coefficient (Wildman–Crippen LogP) is 5.96. The van der Waals surface area contributed by atoms with Crippen LogP contribution in [0.1, 0.15) is 40.1 Å². The summed E-state index contributed by atoms with van der Waals surface area (Å²) in [6, 6.07) is 12.8. The number of hydrogen-bond donors (Lipinski definition) is 0. The second-order valence-electron chi connectivity index (χ2n) is 4.87. The SMILES string of the molecule is CCc1ccccc1C(Cl)c1cc(C)c(Br)cc1C. The van der Waals surface area contributed by atoms with Crippen molar-refractivity contribution in [3.05, 3.63) is 68.7 Å². The summed E-state index contributed by atoms with van der Waals surface area (Å²) in [5.41, 5.74) is 6.19. The molecule has 0 spiro atoms. The molecule has 0 N–H and O–H groups in total. The molecule has 0 aromatic heterocycles. The Balaban J connectivity index is 2.50. The van der Waals surface area contributed by atoms with E-state index in [2.05, 4.69) is 73.1 Å². The fraction of sp³-hybridized carbons (Fsp3) is 0.294. The molecule has 2 aromatic carbocycles. The van der Waals surface area contributed by atoms with Crippen molar-refractivity contribution in [2.24, 2.45) is 0 Å². The van der Waals surface area contributed by atoms with Crippen molar-refractivity contribution in [3.8, 4) is 0 Å². The normalized spacial score (nSPS) is 12.5. The summed E-state index contributed by atoms with van der Waals surface area (Å²) in [5, 5.41) is -0.0806. The highest BCUT2D eigenvalue weighted by Crippen LogP contribution is 2.35. The zero-order chi connectivity index (χ0) is 14.0. The molecule has 0 saturated carbocycles. The maximum Gasteiger partial charge on any atom is 0.0840 e. The average Bonchev–Trinajstić information content (AvgIpc) is 2.42. The highest BCUT2D eigenvalue weighted by atomic mass is 79.9. The molecule has 0 aliphatic rings. The Morgan fingerprint density at radius 3 is 2.42 bits per heavy atom. The van der Waals surface area contributed by atoms with E-state index in [-0.39, 0.29) is 5.38 Å². The molecule has 2 heteroatoms. The molecule has 0 heterocycles. The Labute approximate surface area is 128 Å². The lowest BCUT2D eigenvalue weighted by molar-refractivity contribution is 1.02. The molecular formula is C17H18BrCl. The molecule has 2 rings (SSSR count). The van der Waals surface area contributed by atoms with Crippen molar-refractivity contribution in [3.63, 3.8) is 0 Å². The number of alkyl halides is 1. The first kappa shape index (κ1) is 14.6. The number of hydrogen-bond acceptors (Lipinski definition) is 0. The fourth-order valence-corrected chi connectivity index (χ4v) is 3.25. The molecule has 0 aliphatic heterocycles. The third-order valence-corrected chi connectivity index (χ3v) is 4.85. The lowest BCUT2D eigenvalue weighted by atomic mass is 9.94. The molecule has 0 fully saturated rings. The molecule has 0 aliphatic carbocycles. The third kappa shape index (κ3) is 3.04. The fourth-order valence-electron chi connectivity index (χ4n) is 2.35. The number of rotatable bonds is 3. The van der Waals surface area contributed by atoms with Crippen LogP contribution in [0.2, 0.25) is 0 Å². The monoisotopic (exact) mass is 336 g/mol. The van der Waals surface area contributed by atoms with Gasteiger partial charge >= 0.3 is 0 Å². The largest absolute Gasteiger partial charge is 0.113 e. The van der Waals surface area contributed by atoms with Crippen LogP contribution in [0.15, 0.2) is 40.9 Å². The second-order valence-corrected chi connectivity index (χ2v) is 6.16. The molecule has 0 saturated heterocycles. The molecule has 0 bridgehead atoms. The third-order valence-electron chi connectivity index (χ3n) is 3.53. The van der Waals surface area contributed by atoms with Crippen molar-refractivity contribution in [2.45, 2.75) is 32.6 Å². The molecule has 0 amide bonds. The quantitative estimate of drug-likeness (QED) is 0.606. The maximum atomic E-state index is 6.73. The van der Waals surface area contributed by atoms with Gasteiger partial charge in [0, 0.05) is 4.47 Å². The van der Waals surface area contributed by atoms with Gasteiger partial charge in [0.25, 0.3) is 0 Å². The van der Waals surface area contributed by atoms with Gasteiger partial charge in [-0.3, -0.25) is 0 Å². The summed E-state index contributed by atoms with van der Waals surface area (Å²) in [4.78, 5) is 0. The number of benzene rings is 2. The van der Waals surface area contributed by atoms with Crippen LogP contribution in [0.25, 0.3) is 0 Å². The Morgan fingerprint density at radius 1 is 1.05 bits per heavy atom. The average molecular weight is 338 g/mol. The van der Waals surface area contributed by atoms with Crippen molar-refractivity contribution < 1.29 is 0 Å². The van der Waals surface area contributed by atoms with E-state index in [1.165, 1.54) is 27.8 Å². The van der Waals surface area contributed by atoms with Gasteiger partial charge in [-0.1, -0.05) is 53.2 Å². The molecule has 0 nitrogen and oxygen atoms in total. The van der Waals surface area contributed by atoms with Gasteiger partial charge in [-0.05, 0) is 54.2 Å². The first-order chi connectivity index (χ1) is 9.04. The van der Waals surface area contributed by atoms with Gasteiger partial charge in [-0.25, -0.2) is 0 Å². The lowest BCUT2D eigenvalue weighted by Crippen LogP contribution is -2.01. The topological polar surface area (TPSA) is 0 Å². The van der Waals surface area contributed by atoms with Gasteiger partial charge in [0.2, 0.25) is 0 Å². The molecular weight excluding hydrogens is 320 g/mol. The van der Waals surface area contributed by atoms with E-state index in [0.29, 0.717) is 0 Å². The van der Waals surface area contributed by atoms with Gasteiger partial charge in [0.1, 0.15) is 0 Å². The smallest absolute Gasteiger partial charge is 0.0840 e. The maximum absolute atomic E-state index is 6.73. The van der Waals surface area contributed by atoms with E-state index in [4.69, 9.17) is 11.6 Å². The van der Waals surface area contributed by atoms with Gasteiger partial charge in [-0.15, -0.1) is 11.6 Å². The highest BCUT2D eigenvalue weighted by molar-refractivity contribution is 9.10. The van der Waals surface area contributed by atoms with Crippen LogP contribution >= 0.6 is 27.5 Å². The van der Waals surface area contributed by atoms with Crippen LogP contribution in [0.4, 0.5) is 0 Å².